The van der Waals surface area contributed by atoms with Crippen LogP contribution in [-0.4, -0.2) is 31.6 Å². The molecule has 0 aliphatic rings. The third kappa shape index (κ3) is 7.28. The number of carbonyl (C=O) groups excluding carboxylic acids is 2. The maximum atomic E-state index is 12.3. The lowest BCUT2D eigenvalue weighted by molar-refractivity contribution is 0.0941. The zero-order valence-electron chi connectivity index (χ0n) is 17.3. The smallest absolute Gasteiger partial charge is 0.251 e. The van der Waals surface area contributed by atoms with Gasteiger partial charge in [0.15, 0.2) is 0 Å². The molecule has 3 aromatic carbocycles. The lowest BCUT2D eigenvalue weighted by Crippen LogP contribution is -2.25. The Morgan fingerprint density at radius 2 is 1.39 bits per heavy atom. The molecule has 0 aliphatic heterocycles. The second-order valence-corrected chi connectivity index (χ2v) is 6.97. The van der Waals surface area contributed by atoms with Gasteiger partial charge in [0.05, 0.1) is 6.61 Å². The molecule has 3 rings (SSSR count). The van der Waals surface area contributed by atoms with Gasteiger partial charge in [-0.25, -0.2) is 0 Å². The van der Waals surface area contributed by atoms with E-state index in [0.29, 0.717) is 42.4 Å². The van der Waals surface area contributed by atoms with Crippen molar-refractivity contribution >= 4 is 11.8 Å². The summed E-state index contributed by atoms with van der Waals surface area (Å²) < 4.78 is 11.3. The van der Waals surface area contributed by atoms with Gasteiger partial charge in [0.1, 0.15) is 11.5 Å². The molecule has 0 heterocycles. The largest absolute Gasteiger partial charge is 0.457 e. The van der Waals surface area contributed by atoms with Gasteiger partial charge in [0, 0.05) is 24.3 Å². The highest BCUT2D eigenvalue weighted by molar-refractivity contribution is 5.94. The molecule has 0 fully saturated rings. The zero-order valence-corrected chi connectivity index (χ0v) is 17.3. The van der Waals surface area contributed by atoms with Crippen molar-refractivity contribution in [1.29, 1.82) is 0 Å². The topological polar surface area (TPSA) is 90.7 Å². The van der Waals surface area contributed by atoms with Crippen molar-refractivity contribution in [2.75, 3.05) is 19.8 Å². The van der Waals surface area contributed by atoms with E-state index in [1.165, 1.54) is 5.56 Å². The summed E-state index contributed by atoms with van der Waals surface area (Å²) in [5.74, 6) is 0.548. The van der Waals surface area contributed by atoms with Gasteiger partial charge in [-0.3, -0.25) is 9.59 Å². The SMILES string of the molecule is NC(=O)c1ccc(Oc2ccc(C(=O)NCCCOCCc3ccccc3)cc2)cc1. The maximum absolute atomic E-state index is 12.3. The van der Waals surface area contributed by atoms with Gasteiger partial charge in [0.2, 0.25) is 5.91 Å². The molecule has 160 valence electrons. The van der Waals surface area contributed by atoms with Crippen molar-refractivity contribution in [3.8, 4) is 11.5 Å². The van der Waals surface area contributed by atoms with Gasteiger partial charge < -0.3 is 20.5 Å². The van der Waals surface area contributed by atoms with Gasteiger partial charge in [-0.2, -0.15) is 0 Å². The van der Waals surface area contributed by atoms with Crippen LogP contribution in [0.1, 0.15) is 32.7 Å². The Hall–Kier alpha value is -3.64. The Bertz CT molecular complexity index is 971. The molecule has 3 N–H and O–H groups in total. The van der Waals surface area contributed by atoms with Crippen LogP contribution in [0.25, 0.3) is 0 Å². The molecule has 0 spiro atoms. The first-order chi connectivity index (χ1) is 15.1. The van der Waals surface area contributed by atoms with Crippen molar-refractivity contribution in [1.82, 2.24) is 5.32 Å². The number of primary amides is 1. The van der Waals surface area contributed by atoms with E-state index in [9.17, 15) is 9.59 Å². The minimum absolute atomic E-state index is 0.137. The van der Waals surface area contributed by atoms with E-state index >= 15 is 0 Å². The van der Waals surface area contributed by atoms with E-state index in [0.717, 1.165) is 12.8 Å². The predicted molar refractivity (Wildman–Crippen MR) is 119 cm³/mol. The lowest BCUT2D eigenvalue weighted by atomic mass is 10.2. The monoisotopic (exact) mass is 418 g/mol. The van der Waals surface area contributed by atoms with Crippen LogP contribution in [0.3, 0.4) is 0 Å². The van der Waals surface area contributed by atoms with Crippen LogP contribution < -0.4 is 15.8 Å². The quantitative estimate of drug-likeness (QED) is 0.461. The molecule has 0 unspecified atom stereocenters. The first-order valence-corrected chi connectivity index (χ1v) is 10.2. The first kappa shape index (κ1) is 22.1. The number of carbonyl (C=O) groups is 2. The molecule has 0 radical (unpaired) electrons. The summed E-state index contributed by atoms with van der Waals surface area (Å²) >= 11 is 0. The fourth-order valence-electron chi connectivity index (χ4n) is 2.91. The summed E-state index contributed by atoms with van der Waals surface area (Å²) in [4.78, 5) is 23.4. The van der Waals surface area contributed by atoms with Gasteiger partial charge in [-0.15, -0.1) is 0 Å². The van der Waals surface area contributed by atoms with Gasteiger partial charge in [0.25, 0.3) is 5.91 Å². The van der Waals surface area contributed by atoms with Crippen molar-refractivity contribution in [3.05, 3.63) is 95.6 Å². The Morgan fingerprint density at radius 1 is 0.774 bits per heavy atom. The van der Waals surface area contributed by atoms with E-state index in [1.807, 2.05) is 18.2 Å². The number of nitrogens with two attached hydrogens (primary N) is 1. The Morgan fingerprint density at radius 3 is 2.00 bits per heavy atom. The van der Waals surface area contributed by atoms with Crippen molar-refractivity contribution in [2.45, 2.75) is 12.8 Å². The molecule has 0 atom stereocenters. The van der Waals surface area contributed by atoms with Gasteiger partial charge >= 0.3 is 0 Å². The fourth-order valence-corrected chi connectivity index (χ4v) is 2.91. The van der Waals surface area contributed by atoms with Crippen LogP contribution in [0.2, 0.25) is 0 Å². The number of nitrogens with one attached hydrogen (secondary N) is 1. The standard InChI is InChI=1S/C25H26N2O4/c26-24(28)20-7-11-22(12-8-20)31-23-13-9-21(10-14-23)25(29)27-16-4-17-30-18-15-19-5-2-1-3-6-19/h1-3,5-14H,4,15-18H2,(H2,26,28)(H,27,29). The molecule has 31 heavy (non-hydrogen) atoms. The third-order valence-corrected chi connectivity index (χ3v) is 4.62. The Labute approximate surface area is 182 Å². The molecule has 0 saturated heterocycles. The van der Waals surface area contributed by atoms with Crippen LogP contribution in [0.15, 0.2) is 78.9 Å². The van der Waals surface area contributed by atoms with Crippen molar-refractivity contribution in [3.63, 3.8) is 0 Å². The fraction of sp³-hybridized carbons (Fsp3) is 0.200. The summed E-state index contributed by atoms with van der Waals surface area (Å²) in [6, 6.07) is 23.6. The first-order valence-electron chi connectivity index (χ1n) is 10.2. The summed E-state index contributed by atoms with van der Waals surface area (Å²) in [7, 11) is 0. The van der Waals surface area contributed by atoms with Crippen LogP contribution in [-0.2, 0) is 11.2 Å². The minimum atomic E-state index is -0.485. The molecular weight excluding hydrogens is 392 g/mol. The third-order valence-electron chi connectivity index (χ3n) is 4.62. The van der Waals surface area contributed by atoms with Gasteiger partial charge in [-0.1, -0.05) is 30.3 Å². The molecule has 6 nitrogen and oxygen atoms in total. The predicted octanol–water partition coefficient (Wildman–Crippen LogP) is 3.96. The Kier molecular flexibility index (Phi) is 8.20. The highest BCUT2D eigenvalue weighted by Gasteiger charge is 2.06. The number of amides is 2. The molecule has 0 saturated carbocycles. The van der Waals surface area contributed by atoms with Crippen molar-refractivity contribution in [2.24, 2.45) is 5.73 Å². The molecule has 0 aromatic heterocycles. The van der Waals surface area contributed by atoms with Crippen molar-refractivity contribution < 1.29 is 19.1 Å². The van der Waals surface area contributed by atoms with Crippen LogP contribution in [0, 0.1) is 0 Å². The van der Waals surface area contributed by atoms with Crippen LogP contribution >= 0.6 is 0 Å². The minimum Gasteiger partial charge on any atom is -0.457 e. The summed E-state index contributed by atoms with van der Waals surface area (Å²) in [6.45, 7) is 1.83. The normalized spacial score (nSPS) is 10.5. The van der Waals surface area contributed by atoms with Crippen LogP contribution in [0.4, 0.5) is 0 Å². The summed E-state index contributed by atoms with van der Waals surface area (Å²) in [5.41, 5.74) is 7.45. The molecule has 3 aromatic rings. The van der Waals surface area contributed by atoms with E-state index in [1.54, 1.807) is 48.5 Å². The second kappa shape index (κ2) is 11.5. The Balaban J connectivity index is 1.34. The highest BCUT2D eigenvalue weighted by Crippen LogP contribution is 2.22. The van der Waals surface area contributed by atoms with E-state index < -0.39 is 5.91 Å². The second-order valence-electron chi connectivity index (χ2n) is 6.97. The number of hydrogen-bond acceptors (Lipinski definition) is 4. The highest BCUT2D eigenvalue weighted by atomic mass is 16.5. The van der Waals surface area contributed by atoms with Gasteiger partial charge in [-0.05, 0) is 66.9 Å². The number of rotatable bonds is 11. The average molecular weight is 418 g/mol. The molecule has 2 amide bonds. The van der Waals surface area contributed by atoms with E-state index in [4.69, 9.17) is 15.2 Å². The molecule has 6 heteroatoms. The lowest BCUT2D eigenvalue weighted by Gasteiger charge is -2.08. The van der Waals surface area contributed by atoms with E-state index in [2.05, 4.69) is 17.4 Å². The summed E-state index contributed by atoms with van der Waals surface area (Å²) in [6.07, 6.45) is 1.64. The molecular formula is C25H26N2O4. The van der Waals surface area contributed by atoms with E-state index in [-0.39, 0.29) is 5.91 Å². The summed E-state index contributed by atoms with van der Waals surface area (Å²) in [5, 5.41) is 2.89. The molecule has 0 aliphatic carbocycles. The maximum Gasteiger partial charge on any atom is 0.251 e. The van der Waals surface area contributed by atoms with Crippen LogP contribution in [0.5, 0.6) is 11.5 Å². The number of benzene rings is 3. The average Bonchev–Trinajstić information content (AvgIpc) is 2.80. The molecule has 0 bridgehead atoms. The number of ether oxygens (including phenoxy) is 2. The number of hydrogen-bond donors (Lipinski definition) is 2. The zero-order chi connectivity index (χ0) is 21.9.